The van der Waals surface area contributed by atoms with Crippen molar-refractivity contribution in [3.05, 3.63) is 51.9 Å². The predicted octanol–water partition coefficient (Wildman–Crippen LogP) is 4.89. The van der Waals surface area contributed by atoms with Crippen LogP contribution < -0.4 is 10.6 Å². The van der Waals surface area contributed by atoms with E-state index in [-0.39, 0.29) is 41.4 Å². The lowest BCUT2D eigenvalue weighted by molar-refractivity contribution is 0.0595. The summed E-state index contributed by atoms with van der Waals surface area (Å²) in [6, 6.07) is 8.47. The van der Waals surface area contributed by atoms with Crippen LogP contribution in [0.3, 0.4) is 0 Å². The molecule has 1 aromatic carbocycles. The summed E-state index contributed by atoms with van der Waals surface area (Å²) in [5.41, 5.74) is 3.08. The molecule has 1 unspecified atom stereocenters. The third-order valence-electron chi connectivity index (χ3n) is 5.60. The Morgan fingerprint density at radius 3 is 2.74 bits per heavy atom. The van der Waals surface area contributed by atoms with Gasteiger partial charge in [0, 0.05) is 24.4 Å². The molecule has 4 rings (SSSR count). The molecule has 1 aliphatic rings. The molecule has 0 amide bonds. The minimum atomic E-state index is -2.69. The highest BCUT2D eigenvalue weighted by Gasteiger charge is 2.56. The summed E-state index contributed by atoms with van der Waals surface area (Å²) < 4.78 is 31.4. The number of anilines is 2. The van der Waals surface area contributed by atoms with E-state index in [1.165, 1.54) is 7.11 Å². The van der Waals surface area contributed by atoms with Gasteiger partial charge in [0.15, 0.2) is 17.2 Å². The summed E-state index contributed by atoms with van der Waals surface area (Å²) in [4.78, 5) is 25.2. The Labute approximate surface area is 199 Å². The van der Waals surface area contributed by atoms with Crippen LogP contribution in [0, 0.1) is 24.2 Å². The Balaban J connectivity index is 1.71. The molecule has 0 bridgehead atoms. The molecule has 11 heteroatoms. The molecule has 1 aliphatic carbocycles. The molecule has 3 aromatic rings. The van der Waals surface area contributed by atoms with Crippen molar-refractivity contribution in [1.82, 2.24) is 15.0 Å². The number of nitriles is 1. The fourth-order valence-electron chi connectivity index (χ4n) is 3.69. The van der Waals surface area contributed by atoms with Crippen molar-refractivity contribution in [3.63, 3.8) is 0 Å². The van der Waals surface area contributed by atoms with Gasteiger partial charge >= 0.3 is 5.97 Å². The fourth-order valence-corrected chi connectivity index (χ4v) is 3.84. The van der Waals surface area contributed by atoms with E-state index in [9.17, 15) is 18.8 Å². The maximum atomic E-state index is 13.3. The van der Waals surface area contributed by atoms with Gasteiger partial charge in [-0.25, -0.2) is 28.5 Å². The van der Waals surface area contributed by atoms with Crippen LogP contribution >= 0.6 is 11.6 Å². The van der Waals surface area contributed by atoms with E-state index in [0.29, 0.717) is 16.7 Å². The van der Waals surface area contributed by atoms with E-state index in [1.54, 1.807) is 18.2 Å². The zero-order chi connectivity index (χ0) is 24.6. The average molecular weight is 487 g/mol. The number of carbonyl (C=O) groups is 1. The van der Waals surface area contributed by atoms with Crippen molar-refractivity contribution in [3.8, 4) is 6.07 Å². The summed E-state index contributed by atoms with van der Waals surface area (Å²) in [7, 11) is 1.25. The Bertz CT molecular complexity index is 1330. The molecule has 1 fully saturated rings. The zero-order valence-corrected chi connectivity index (χ0v) is 19.4. The van der Waals surface area contributed by atoms with Crippen LogP contribution in [0.25, 0.3) is 11.0 Å². The molecule has 0 aliphatic heterocycles. The van der Waals surface area contributed by atoms with Crippen LogP contribution in [0.5, 0.6) is 0 Å². The number of nitrogens with one attached hydrogen (secondary N) is 2. The highest BCUT2D eigenvalue weighted by atomic mass is 35.5. The van der Waals surface area contributed by atoms with Gasteiger partial charge in [-0.1, -0.05) is 17.7 Å². The molecule has 176 valence electrons. The number of ether oxygens (including phenoxy) is 1. The van der Waals surface area contributed by atoms with Gasteiger partial charge < -0.3 is 15.4 Å². The zero-order valence-electron chi connectivity index (χ0n) is 18.6. The highest BCUT2D eigenvalue weighted by molar-refractivity contribution is 6.29. The number of fused-ring (bicyclic) bond motifs is 1. The van der Waals surface area contributed by atoms with Gasteiger partial charge in [-0.05, 0) is 37.6 Å². The molecule has 2 heterocycles. The first-order chi connectivity index (χ1) is 16.1. The Morgan fingerprint density at radius 1 is 1.35 bits per heavy atom. The normalized spacial score (nSPS) is 17.0. The smallest absolute Gasteiger partial charge is 0.358 e. The molecular weight excluding hydrogens is 466 g/mol. The van der Waals surface area contributed by atoms with Crippen LogP contribution in [-0.4, -0.2) is 40.5 Å². The maximum absolute atomic E-state index is 13.3. The van der Waals surface area contributed by atoms with Crippen molar-refractivity contribution in [1.29, 1.82) is 5.26 Å². The number of nitrogens with zero attached hydrogens (tertiary/aromatic N) is 4. The first kappa shape index (κ1) is 23.6. The minimum absolute atomic E-state index is 0.00417. The van der Waals surface area contributed by atoms with E-state index in [0.717, 1.165) is 11.1 Å². The topological polar surface area (TPSA) is 113 Å². The second-order valence-electron chi connectivity index (χ2n) is 8.19. The van der Waals surface area contributed by atoms with Crippen LogP contribution in [0.1, 0.15) is 46.7 Å². The molecule has 2 aromatic heterocycles. The number of benzene rings is 1. The number of pyridine rings is 1. The summed E-state index contributed by atoms with van der Waals surface area (Å²) in [6.07, 6.45) is -0.189. The molecule has 0 spiro atoms. The Morgan fingerprint density at radius 2 is 2.09 bits per heavy atom. The molecule has 1 saturated carbocycles. The van der Waals surface area contributed by atoms with Gasteiger partial charge in [0.05, 0.1) is 29.9 Å². The Kier molecular flexibility index (Phi) is 6.23. The first-order valence-electron chi connectivity index (χ1n) is 10.5. The predicted molar refractivity (Wildman–Crippen MR) is 123 cm³/mol. The highest BCUT2D eigenvalue weighted by Crippen LogP contribution is 2.48. The lowest BCUT2D eigenvalue weighted by atomic mass is 10.0. The molecule has 2 N–H and O–H groups in total. The van der Waals surface area contributed by atoms with Crippen LogP contribution in [0.15, 0.2) is 24.3 Å². The third-order valence-corrected chi connectivity index (χ3v) is 5.81. The van der Waals surface area contributed by atoms with E-state index in [1.807, 2.05) is 26.0 Å². The number of hydrogen-bond acceptors (Lipinski definition) is 8. The lowest BCUT2D eigenvalue weighted by Gasteiger charge is -2.20. The van der Waals surface area contributed by atoms with Crippen molar-refractivity contribution in [2.75, 3.05) is 24.3 Å². The number of methoxy groups -OCH3 is 1. The summed E-state index contributed by atoms with van der Waals surface area (Å²) in [5, 5.41) is 15.8. The quantitative estimate of drug-likeness (QED) is 0.358. The number of esters is 1. The standard InChI is InChI=1S/C23H21ClF2N6O2/c1-11-6-14(12(2)29-15-4-5-18(24)31-20(15)22(33)34-3)19-16(7-11)30-17(9-27)21(32-19)28-10-13-8-23(13,25)26/h4-7,12-13,29H,8,10H2,1-3H3,(H,28,32)/t12-,13?/m1/s1. The number of rotatable bonds is 7. The van der Waals surface area contributed by atoms with Gasteiger partial charge in [0.25, 0.3) is 5.92 Å². The van der Waals surface area contributed by atoms with Gasteiger partial charge in [0.2, 0.25) is 0 Å². The largest absolute Gasteiger partial charge is 0.464 e. The number of aromatic nitrogens is 3. The summed E-state index contributed by atoms with van der Waals surface area (Å²) in [6.45, 7) is 3.74. The number of alkyl halides is 2. The van der Waals surface area contributed by atoms with Gasteiger partial charge in [0.1, 0.15) is 11.2 Å². The number of halogens is 3. The molecule has 0 saturated heterocycles. The van der Waals surface area contributed by atoms with Crippen molar-refractivity contribution >= 4 is 40.1 Å². The van der Waals surface area contributed by atoms with Gasteiger partial charge in [-0.15, -0.1) is 0 Å². The lowest BCUT2D eigenvalue weighted by Crippen LogP contribution is -2.15. The minimum Gasteiger partial charge on any atom is -0.464 e. The van der Waals surface area contributed by atoms with Gasteiger partial charge in [-0.2, -0.15) is 5.26 Å². The molecular formula is C23H21ClF2N6O2. The Hall–Kier alpha value is -3.58. The van der Waals surface area contributed by atoms with Crippen molar-refractivity contribution in [2.45, 2.75) is 32.2 Å². The second-order valence-corrected chi connectivity index (χ2v) is 8.57. The molecule has 8 nitrogen and oxygen atoms in total. The SMILES string of the molecule is COC(=O)c1nc(Cl)ccc1N[C@H](C)c1cc(C)cc2nc(C#N)c(NCC3CC3(F)F)nc12. The third kappa shape index (κ3) is 4.70. The van der Waals surface area contributed by atoms with Crippen molar-refractivity contribution < 1.29 is 18.3 Å². The monoisotopic (exact) mass is 486 g/mol. The van der Waals surface area contributed by atoms with E-state index >= 15 is 0 Å². The second kappa shape index (κ2) is 8.99. The number of aryl methyl sites for hydroxylation is 1. The van der Waals surface area contributed by atoms with Crippen LogP contribution in [-0.2, 0) is 4.74 Å². The van der Waals surface area contributed by atoms with Crippen LogP contribution in [0.2, 0.25) is 5.15 Å². The van der Waals surface area contributed by atoms with E-state index in [2.05, 4.69) is 25.6 Å². The van der Waals surface area contributed by atoms with Crippen molar-refractivity contribution in [2.24, 2.45) is 5.92 Å². The maximum Gasteiger partial charge on any atom is 0.358 e. The van der Waals surface area contributed by atoms with Crippen LogP contribution in [0.4, 0.5) is 20.3 Å². The van der Waals surface area contributed by atoms with Gasteiger partial charge in [-0.3, -0.25) is 0 Å². The average Bonchev–Trinajstić information content (AvgIpc) is 3.43. The molecule has 0 radical (unpaired) electrons. The van der Waals surface area contributed by atoms with E-state index in [4.69, 9.17) is 16.3 Å². The molecule has 2 atom stereocenters. The number of hydrogen-bond donors (Lipinski definition) is 2. The molecule has 34 heavy (non-hydrogen) atoms. The first-order valence-corrected chi connectivity index (χ1v) is 10.9. The summed E-state index contributed by atoms with van der Waals surface area (Å²) in [5.74, 6) is -3.97. The van der Waals surface area contributed by atoms with E-state index < -0.39 is 17.8 Å². The number of carbonyl (C=O) groups excluding carboxylic acids is 1. The fraction of sp³-hybridized carbons (Fsp3) is 0.348. The summed E-state index contributed by atoms with van der Waals surface area (Å²) >= 11 is 5.95.